The largest absolute Gasteiger partial charge is 0.305 e. The van der Waals surface area contributed by atoms with E-state index < -0.39 is 36.2 Å². The summed E-state index contributed by atoms with van der Waals surface area (Å²) in [5.74, 6) is -1.17. The van der Waals surface area contributed by atoms with Gasteiger partial charge in [0.2, 0.25) is 19.9 Å². The second kappa shape index (κ2) is 7.24. The molecule has 0 heterocycles. The van der Waals surface area contributed by atoms with Crippen molar-refractivity contribution in [2.24, 2.45) is 0 Å². The molecule has 0 bridgehead atoms. The van der Waals surface area contributed by atoms with E-state index in [1.54, 1.807) is 26.0 Å². The minimum Gasteiger partial charge on any atom is -0.263 e. The number of sulfonamides is 1. The van der Waals surface area contributed by atoms with Gasteiger partial charge in [-0.25, -0.2) is 21.6 Å². The highest BCUT2D eigenvalue weighted by Crippen LogP contribution is 2.39. The topological polar surface area (TPSA) is 123 Å². The second-order valence-corrected chi connectivity index (χ2v) is 10.7. The lowest BCUT2D eigenvalue weighted by Crippen LogP contribution is -2.46. The van der Waals surface area contributed by atoms with Crippen molar-refractivity contribution in [2.45, 2.75) is 56.4 Å². The predicted octanol–water partition coefficient (Wildman–Crippen LogP) is 2.02. The molecule has 0 amide bonds. The van der Waals surface area contributed by atoms with E-state index in [1.165, 1.54) is 0 Å². The van der Waals surface area contributed by atoms with Crippen LogP contribution in [0.25, 0.3) is 0 Å². The van der Waals surface area contributed by atoms with Crippen LogP contribution < -0.4 is 4.72 Å². The van der Waals surface area contributed by atoms with Crippen molar-refractivity contribution in [3.63, 3.8) is 0 Å². The normalized spacial score (nSPS) is 17.8. The number of nitrogens with one attached hydrogen (secondary N) is 1. The Hall–Kier alpha value is -1.52. The Morgan fingerprint density at radius 2 is 1.58 bits per heavy atom. The van der Waals surface area contributed by atoms with Crippen molar-refractivity contribution in [3.8, 4) is 0 Å². The van der Waals surface area contributed by atoms with Crippen LogP contribution in [0.5, 0.6) is 0 Å². The van der Waals surface area contributed by atoms with Crippen LogP contribution in [-0.2, 0) is 25.4 Å². The third-order valence-electron chi connectivity index (χ3n) is 4.69. The van der Waals surface area contributed by atoms with Gasteiger partial charge in [0.15, 0.2) is 0 Å². The summed E-state index contributed by atoms with van der Waals surface area (Å²) >= 11 is 0. The average Bonchev–Trinajstić information content (AvgIpc) is 2.43. The lowest BCUT2D eigenvalue weighted by atomic mass is 9.76. The Morgan fingerprint density at radius 1 is 1.08 bits per heavy atom. The van der Waals surface area contributed by atoms with E-state index in [2.05, 4.69) is 4.72 Å². The fourth-order valence-electron chi connectivity index (χ4n) is 3.88. The monoisotopic (exact) mass is 404 g/mol. The van der Waals surface area contributed by atoms with Gasteiger partial charge in [0.05, 0.1) is 16.7 Å². The SMILES string of the molecule is Cc1cc(C2(NS(C)(=O)=O)CCCCC2)cc(C)c1S(=O)(=O)C[N+](=O)[O-]. The highest BCUT2D eigenvalue weighted by molar-refractivity contribution is 7.91. The molecule has 0 spiro atoms. The molecule has 1 fully saturated rings. The maximum Gasteiger partial charge on any atom is 0.305 e. The molecule has 0 saturated heterocycles. The van der Waals surface area contributed by atoms with Gasteiger partial charge < -0.3 is 0 Å². The zero-order valence-corrected chi connectivity index (χ0v) is 16.7. The maximum absolute atomic E-state index is 12.3. The van der Waals surface area contributed by atoms with Crippen LogP contribution in [0.2, 0.25) is 0 Å². The molecule has 8 nitrogen and oxygen atoms in total. The van der Waals surface area contributed by atoms with Crippen molar-refractivity contribution < 1.29 is 21.8 Å². The first-order chi connectivity index (χ1) is 11.9. The molecule has 1 saturated carbocycles. The Labute approximate surface area is 154 Å². The highest BCUT2D eigenvalue weighted by atomic mass is 32.2. The molecule has 146 valence electrons. The molecule has 2 rings (SSSR count). The molecule has 0 aliphatic heterocycles. The molecule has 0 unspecified atom stereocenters. The third-order valence-corrected chi connectivity index (χ3v) is 7.27. The van der Waals surface area contributed by atoms with Crippen molar-refractivity contribution >= 4 is 19.9 Å². The first kappa shape index (κ1) is 20.8. The lowest BCUT2D eigenvalue weighted by Gasteiger charge is -2.38. The molecule has 1 aromatic rings. The summed E-state index contributed by atoms with van der Waals surface area (Å²) < 4.78 is 51.2. The molecule has 0 atom stereocenters. The number of hydrogen-bond donors (Lipinski definition) is 1. The van der Waals surface area contributed by atoms with Gasteiger partial charge in [-0.15, -0.1) is 0 Å². The molecule has 1 aliphatic carbocycles. The van der Waals surface area contributed by atoms with Gasteiger partial charge in [0.25, 0.3) is 0 Å². The van der Waals surface area contributed by atoms with E-state index in [1.807, 2.05) is 0 Å². The highest BCUT2D eigenvalue weighted by Gasteiger charge is 2.38. The minimum atomic E-state index is -4.06. The van der Waals surface area contributed by atoms with E-state index >= 15 is 0 Å². The summed E-state index contributed by atoms with van der Waals surface area (Å²) in [6, 6.07) is 3.28. The Morgan fingerprint density at radius 3 is 2.00 bits per heavy atom. The molecule has 1 N–H and O–H groups in total. The average molecular weight is 405 g/mol. The van der Waals surface area contributed by atoms with Gasteiger partial charge in [-0.2, -0.15) is 0 Å². The molecule has 10 heteroatoms. The van der Waals surface area contributed by atoms with Crippen LogP contribution in [0.4, 0.5) is 0 Å². The van der Waals surface area contributed by atoms with Crippen LogP contribution in [0, 0.1) is 24.0 Å². The number of nitrogens with zero attached hydrogens (tertiary/aromatic N) is 1. The summed E-state index contributed by atoms with van der Waals surface area (Å²) in [5, 5.41) is 10.7. The van der Waals surface area contributed by atoms with Crippen molar-refractivity contribution in [1.29, 1.82) is 0 Å². The molecular formula is C16H24N2O6S2. The van der Waals surface area contributed by atoms with Crippen molar-refractivity contribution in [2.75, 3.05) is 12.1 Å². The minimum absolute atomic E-state index is 0.0525. The van der Waals surface area contributed by atoms with Gasteiger partial charge in [0.1, 0.15) is 0 Å². The number of sulfone groups is 1. The maximum atomic E-state index is 12.3. The molecule has 26 heavy (non-hydrogen) atoms. The number of aryl methyl sites for hydroxylation is 2. The Balaban J connectivity index is 2.58. The van der Waals surface area contributed by atoms with Gasteiger partial charge in [0, 0.05) is 4.92 Å². The number of nitro groups is 1. The standard InChI is InChI=1S/C16H24N2O6S2/c1-12-9-14(10-13(2)15(12)26(23,24)11-18(19)20)16(17-25(3,21)22)7-5-4-6-8-16/h9-10,17H,4-8,11H2,1-3H3. The summed E-state index contributed by atoms with van der Waals surface area (Å²) in [6.45, 7) is 3.17. The third kappa shape index (κ3) is 4.60. The molecule has 0 aromatic heterocycles. The Bertz CT molecular complexity index is 893. The number of rotatable bonds is 6. The van der Waals surface area contributed by atoms with Crippen LogP contribution in [-0.4, -0.2) is 33.9 Å². The van der Waals surface area contributed by atoms with Crippen molar-refractivity contribution in [3.05, 3.63) is 38.9 Å². The number of hydrogen-bond acceptors (Lipinski definition) is 6. The zero-order chi connectivity index (χ0) is 19.8. The van der Waals surface area contributed by atoms with Gasteiger partial charge in [-0.05, 0) is 43.4 Å². The van der Waals surface area contributed by atoms with Crippen LogP contribution in [0.1, 0.15) is 48.8 Å². The van der Waals surface area contributed by atoms with E-state index in [0.717, 1.165) is 25.5 Å². The summed E-state index contributed by atoms with van der Waals surface area (Å²) in [6.07, 6.45) is 5.10. The fraction of sp³-hybridized carbons (Fsp3) is 0.625. The quantitative estimate of drug-likeness (QED) is 0.571. The second-order valence-electron chi connectivity index (χ2n) is 7.03. The zero-order valence-electron chi connectivity index (χ0n) is 15.1. The van der Waals surface area contributed by atoms with E-state index in [0.29, 0.717) is 29.5 Å². The van der Waals surface area contributed by atoms with Crippen LogP contribution >= 0.6 is 0 Å². The van der Waals surface area contributed by atoms with E-state index in [-0.39, 0.29) is 4.90 Å². The van der Waals surface area contributed by atoms with Crippen LogP contribution in [0.15, 0.2) is 17.0 Å². The summed E-state index contributed by atoms with van der Waals surface area (Å²) in [5.41, 5.74) is 0.717. The Kier molecular flexibility index (Phi) is 5.79. The first-order valence-electron chi connectivity index (χ1n) is 8.32. The predicted molar refractivity (Wildman–Crippen MR) is 97.7 cm³/mol. The lowest BCUT2D eigenvalue weighted by molar-refractivity contribution is -0.458. The van der Waals surface area contributed by atoms with Gasteiger partial charge >= 0.3 is 5.88 Å². The smallest absolute Gasteiger partial charge is 0.263 e. The number of benzene rings is 1. The van der Waals surface area contributed by atoms with Crippen molar-refractivity contribution in [1.82, 2.24) is 4.72 Å². The van der Waals surface area contributed by atoms with E-state index in [9.17, 15) is 26.9 Å². The summed E-state index contributed by atoms with van der Waals surface area (Å²) in [7, 11) is -7.53. The van der Waals surface area contributed by atoms with E-state index in [4.69, 9.17) is 0 Å². The van der Waals surface area contributed by atoms with Crippen LogP contribution in [0.3, 0.4) is 0 Å². The molecular weight excluding hydrogens is 380 g/mol. The molecule has 1 aromatic carbocycles. The van der Waals surface area contributed by atoms with Gasteiger partial charge in [-0.3, -0.25) is 10.1 Å². The summed E-state index contributed by atoms with van der Waals surface area (Å²) in [4.78, 5) is 9.76. The molecule has 1 aliphatic rings. The molecule has 0 radical (unpaired) electrons. The first-order valence-corrected chi connectivity index (χ1v) is 11.9. The fourth-order valence-corrected chi connectivity index (χ4v) is 6.42. The van der Waals surface area contributed by atoms with Gasteiger partial charge in [-0.1, -0.05) is 31.4 Å².